The van der Waals surface area contributed by atoms with Gasteiger partial charge in [-0.15, -0.1) is 0 Å². The van der Waals surface area contributed by atoms with Gasteiger partial charge in [-0.3, -0.25) is 4.79 Å². The molecule has 60 valence electrons. The Labute approximate surface area is 67.8 Å². The van der Waals surface area contributed by atoms with E-state index in [0.29, 0.717) is 0 Å². The van der Waals surface area contributed by atoms with Crippen molar-refractivity contribution in [3.8, 4) is 0 Å². The topological polar surface area (TPSA) is 17.1 Å². The molecule has 1 aliphatic carbocycles. The number of aldehydes is 1. The van der Waals surface area contributed by atoms with E-state index in [0.717, 1.165) is 6.29 Å². The Bertz CT molecular complexity index is 169. The maximum absolute atomic E-state index is 9.93. The highest BCUT2D eigenvalue weighted by atomic mass is 16.1. The Kier molecular flexibility index (Phi) is 3.67. The Morgan fingerprint density at radius 2 is 1.73 bits per heavy atom. The van der Waals surface area contributed by atoms with Crippen LogP contribution in [0.2, 0.25) is 0 Å². The van der Waals surface area contributed by atoms with Crippen molar-refractivity contribution in [3.63, 3.8) is 0 Å². The summed E-state index contributed by atoms with van der Waals surface area (Å²) in [5.41, 5.74) is 1.49. The molecule has 0 aliphatic heterocycles. The smallest absolute Gasteiger partial charge is 0.142 e. The molecule has 0 aromatic heterocycles. The first-order chi connectivity index (χ1) is 5.43. The number of carbonyl (C=O) groups is 1. The van der Waals surface area contributed by atoms with Crippen molar-refractivity contribution in [1.29, 1.82) is 0 Å². The van der Waals surface area contributed by atoms with Gasteiger partial charge < -0.3 is 0 Å². The summed E-state index contributed by atoms with van der Waals surface area (Å²) in [7, 11) is 0. The molecule has 0 heterocycles. The van der Waals surface area contributed by atoms with Crippen molar-refractivity contribution in [3.05, 3.63) is 23.8 Å². The number of rotatable bonds is 2. The van der Waals surface area contributed by atoms with E-state index in [1.807, 2.05) is 6.08 Å². The molecular weight excluding hydrogens is 136 g/mol. The van der Waals surface area contributed by atoms with Gasteiger partial charge in [-0.2, -0.15) is 0 Å². The fraction of sp³-hybridized carbons (Fsp3) is 0.500. The number of carbonyl (C=O) groups excluding carboxylic acids is 1. The van der Waals surface area contributed by atoms with Gasteiger partial charge in [-0.05, 0) is 31.8 Å². The molecule has 1 fully saturated rings. The molecule has 0 spiro atoms. The monoisotopic (exact) mass is 150 g/mol. The van der Waals surface area contributed by atoms with Gasteiger partial charge in [0.15, 0.2) is 0 Å². The molecule has 0 aromatic rings. The molecule has 1 nitrogen and oxygen atoms in total. The molecule has 0 amide bonds. The lowest BCUT2D eigenvalue weighted by atomic mass is 9.95. The second-order valence-corrected chi connectivity index (χ2v) is 2.91. The van der Waals surface area contributed by atoms with Gasteiger partial charge in [0, 0.05) is 0 Å². The molecule has 1 heteroatoms. The lowest BCUT2D eigenvalue weighted by Crippen LogP contribution is -1.92. The van der Waals surface area contributed by atoms with E-state index >= 15 is 0 Å². The van der Waals surface area contributed by atoms with Crippen molar-refractivity contribution < 1.29 is 4.79 Å². The van der Waals surface area contributed by atoms with Gasteiger partial charge in [0.2, 0.25) is 0 Å². The second kappa shape index (κ2) is 4.89. The minimum absolute atomic E-state index is 0.819. The van der Waals surface area contributed by atoms with Crippen LogP contribution in [0, 0.1) is 0 Å². The van der Waals surface area contributed by atoms with Crippen LogP contribution in [0.3, 0.4) is 0 Å². The summed E-state index contributed by atoms with van der Waals surface area (Å²) in [6, 6.07) is 0. The van der Waals surface area contributed by atoms with E-state index in [2.05, 4.69) is 6.08 Å². The molecule has 0 unspecified atom stereocenters. The van der Waals surface area contributed by atoms with E-state index in [9.17, 15) is 4.79 Å². The lowest BCUT2D eigenvalue weighted by Gasteiger charge is -2.11. The zero-order valence-electron chi connectivity index (χ0n) is 6.75. The molecule has 0 atom stereocenters. The van der Waals surface area contributed by atoms with Crippen molar-refractivity contribution in [2.75, 3.05) is 0 Å². The van der Waals surface area contributed by atoms with Gasteiger partial charge in [0.1, 0.15) is 6.29 Å². The third-order valence-electron chi connectivity index (χ3n) is 2.02. The lowest BCUT2D eigenvalue weighted by molar-refractivity contribution is -0.104. The van der Waals surface area contributed by atoms with E-state index in [1.54, 1.807) is 6.08 Å². The van der Waals surface area contributed by atoms with Gasteiger partial charge in [0.25, 0.3) is 0 Å². The summed E-state index contributed by atoms with van der Waals surface area (Å²) in [5, 5.41) is 0. The number of hydrogen-bond acceptors (Lipinski definition) is 1. The normalized spacial score (nSPS) is 18.7. The van der Waals surface area contributed by atoms with E-state index < -0.39 is 0 Å². The first kappa shape index (κ1) is 8.25. The molecular formula is C10H14O. The molecule has 0 saturated heterocycles. The van der Waals surface area contributed by atoms with E-state index in [1.165, 1.54) is 37.7 Å². The van der Waals surface area contributed by atoms with Gasteiger partial charge in [-0.1, -0.05) is 24.1 Å². The quantitative estimate of drug-likeness (QED) is 0.437. The molecule has 1 saturated carbocycles. The predicted octanol–water partition coefficient (Wildman–Crippen LogP) is 2.63. The van der Waals surface area contributed by atoms with Crippen LogP contribution in [0.4, 0.5) is 0 Å². The Hall–Kier alpha value is -0.850. The minimum atomic E-state index is 0.819. The summed E-state index contributed by atoms with van der Waals surface area (Å²) in [6.45, 7) is 0. The molecule has 0 aromatic carbocycles. The molecule has 1 rings (SSSR count). The first-order valence-corrected chi connectivity index (χ1v) is 4.23. The van der Waals surface area contributed by atoms with Crippen LogP contribution in [0.25, 0.3) is 0 Å². The van der Waals surface area contributed by atoms with Crippen molar-refractivity contribution >= 4 is 6.29 Å². The first-order valence-electron chi connectivity index (χ1n) is 4.23. The van der Waals surface area contributed by atoms with E-state index in [-0.39, 0.29) is 0 Å². The van der Waals surface area contributed by atoms with Gasteiger partial charge in [0.05, 0.1) is 0 Å². The fourth-order valence-corrected chi connectivity index (χ4v) is 1.41. The Morgan fingerprint density at radius 1 is 1.00 bits per heavy atom. The summed E-state index contributed by atoms with van der Waals surface area (Å²) >= 11 is 0. The Morgan fingerprint density at radius 3 is 2.36 bits per heavy atom. The average Bonchev–Trinajstić information content (AvgIpc) is 2.07. The summed E-state index contributed by atoms with van der Waals surface area (Å²) < 4.78 is 0. The zero-order valence-corrected chi connectivity index (χ0v) is 6.75. The molecule has 1 aliphatic rings. The second-order valence-electron chi connectivity index (χ2n) is 2.91. The zero-order chi connectivity index (χ0) is 7.94. The minimum Gasteiger partial charge on any atom is -0.299 e. The average molecular weight is 150 g/mol. The number of allylic oxidation sites excluding steroid dienone is 4. The summed E-state index contributed by atoms with van der Waals surface area (Å²) in [4.78, 5) is 9.93. The van der Waals surface area contributed by atoms with Crippen LogP contribution in [-0.4, -0.2) is 6.29 Å². The van der Waals surface area contributed by atoms with Crippen molar-refractivity contribution in [1.82, 2.24) is 0 Å². The van der Waals surface area contributed by atoms with Crippen LogP contribution >= 0.6 is 0 Å². The highest BCUT2D eigenvalue weighted by molar-refractivity contribution is 5.65. The third kappa shape index (κ3) is 3.17. The maximum Gasteiger partial charge on any atom is 0.142 e. The molecule has 0 N–H and O–H groups in total. The van der Waals surface area contributed by atoms with Gasteiger partial charge >= 0.3 is 0 Å². The van der Waals surface area contributed by atoms with Gasteiger partial charge in [-0.25, -0.2) is 0 Å². The van der Waals surface area contributed by atoms with Crippen LogP contribution < -0.4 is 0 Å². The fourth-order valence-electron chi connectivity index (χ4n) is 1.41. The largest absolute Gasteiger partial charge is 0.299 e. The van der Waals surface area contributed by atoms with Crippen molar-refractivity contribution in [2.45, 2.75) is 32.1 Å². The highest BCUT2D eigenvalue weighted by Crippen LogP contribution is 2.22. The van der Waals surface area contributed by atoms with Crippen LogP contribution in [-0.2, 0) is 4.79 Å². The Balaban J connectivity index is 2.37. The predicted molar refractivity (Wildman–Crippen MR) is 46.4 cm³/mol. The van der Waals surface area contributed by atoms with Crippen molar-refractivity contribution in [2.24, 2.45) is 0 Å². The highest BCUT2D eigenvalue weighted by Gasteiger charge is 2.02. The molecule has 11 heavy (non-hydrogen) atoms. The van der Waals surface area contributed by atoms with Crippen LogP contribution in [0.1, 0.15) is 32.1 Å². The summed E-state index contributed by atoms with van der Waals surface area (Å²) in [6.07, 6.45) is 12.7. The standard InChI is InChI=1S/C10H14O/c11-9-5-4-8-10-6-2-1-3-7-10/h4-5,8-9H,1-3,6-7H2/b5-4-. The maximum atomic E-state index is 9.93. The molecule has 0 radical (unpaired) electrons. The SMILES string of the molecule is O=C/C=C\C=C1CCCCC1. The van der Waals surface area contributed by atoms with E-state index in [4.69, 9.17) is 0 Å². The molecule has 0 bridgehead atoms. The number of hydrogen-bond donors (Lipinski definition) is 0. The van der Waals surface area contributed by atoms with Crippen LogP contribution in [0.15, 0.2) is 23.8 Å². The third-order valence-corrected chi connectivity index (χ3v) is 2.02. The van der Waals surface area contributed by atoms with Crippen LogP contribution in [0.5, 0.6) is 0 Å². The summed E-state index contributed by atoms with van der Waals surface area (Å²) in [5.74, 6) is 0.